The number of ether oxygens (including phenoxy) is 1. The molecule has 0 amide bonds. The Morgan fingerprint density at radius 3 is 2.42 bits per heavy atom. The van der Waals surface area contributed by atoms with Crippen LogP contribution in [0, 0.1) is 11.6 Å². The van der Waals surface area contributed by atoms with E-state index >= 15 is 0 Å². The Labute approximate surface area is 176 Å². The first-order valence-corrected chi connectivity index (χ1v) is 9.75. The van der Waals surface area contributed by atoms with Gasteiger partial charge >= 0.3 is 0 Å². The van der Waals surface area contributed by atoms with E-state index in [1.165, 1.54) is 10.7 Å². The normalized spacial score (nSPS) is 17.6. The van der Waals surface area contributed by atoms with Crippen molar-refractivity contribution in [1.82, 2.24) is 29.7 Å². The van der Waals surface area contributed by atoms with Crippen molar-refractivity contribution in [2.75, 3.05) is 7.11 Å². The largest absolute Gasteiger partial charge is 0.380 e. The molecule has 0 spiro atoms. The van der Waals surface area contributed by atoms with Gasteiger partial charge in [0.05, 0.1) is 12.8 Å². The van der Waals surface area contributed by atoms with Gasteiger partial charge in [-0.15, -0.1) is 0 Å². The van der Waals surface area contributed by atoms with Crippen molar-refractivity contribution in [3.05, 3.63) is 83.7 Å². The second kappa shape index (κ2) is 7.92. The quantitative estimate of drug-likeness (QED) is 0.472. The lowest BCUT2D eigenvalue weighted by Gasteiger charge is -2.08. The van der Waals surface area contributed by atoms with Gasteiger partial charge in [-0.05, 0) is 47.6 Å². The molecule has 1 aliphatic carbocycles. The molecular weight excluding hydrogens is 402 g/mol. The third-order valence-electron chi connectivity index (χ3n) is 5.31. The Balaban J connectivity index is 1.38. The van der Waals surface area contributed by atoms with E-state index in [0.717, 1.165) is 23.1 Å². The lowest BCUT2D eigenvalue weighted by molar-refractivity contribution is 0.185. The second-order valence-electron chi connectivity index (χ2n) is 7.42. The van der Waals surface area contributed by atoms with Crippen LogP contribution in [-0.2, 0) is 11.3 Å². The zero-order valence-electron chi connectivity index (χ0n) is 16.6. The van der Waals surface area contributed by atoms with Crippen LogP contribution in [0.1, 0.15) is 34.9 Å². The standard InChI is InChI=1S/C22H18F2N6O/c1-31-12-13-8-29-30(11-13)19-6-14(5-18(23)20(19)24)16-7-17(16)15-9-27-22(28-10-15)21-25-3-2-4-26-21/h2-6,8-11,16-17H,7,12H2,1H3/t16-,17+/m1/s1. The van der Waals surface area contributed by atoms with Crippen LogP contribution >= 0.6 is 0 Å². The van der Waals surface area contributed by atoms with E-state index in [9.17, 15) is 8.78 Å². The summed E-state index contributed by atoms with van der Waals surface area (Å²) in [6.45, 7) is 0.346. The van der Waals surface area contributed by atoms with E-state index in [-0.39, 0.29) is 17.5 Å². The molecule has 1 fully saturated rings. The summed E-state index contributed by atoms with van der Waals surface area (Å²) in [7, 11) is 1.56. The van der Waals surface area contributed by atoms with Crippen LogP contribution in [0.25, 0.3) is 17.3 Å². The fourth-order valence-electron chi connectivity index (χ4n) is 3.70. The van der Waals surface area contributed by atoms with Crippen molar-refractivity contribution in [2.45, 2.75) is 24.9 Å². The summed E-state index contributed by atoms with van der Waals surface area (Å²) in [5, 5.41) is 4.14. The van der Waals surface area contributed by atoms with E-state index in [4.69, 9.17) is 4.74 Å². The first-order chi connectivity index (χ1) is 15.1. The Bertz CT molecular complexity index is 1210. The molecule has 0 unspecified atom stereocenters. The van der Waals surface area contributed by atoms with Crippen molar-refractivity contribution >= 4 is 0 Å². The Hall–Kier alpha value is -3.59. The maximum atomic E-state index is 14.5. The van der Waals surface area contributed by atoms with Crippen LogP contribution in [0.15, 0.2) is 55.4 Å². The fourth-order valence-corrected chi connectivity index (χ4v) is 3.70. The van der Waals surface area contributed by atoms with Gasteiger partial charge in [-0.25, -0.2) is 33.4 Å². The molecule has 1 saturated carbocycles. The zero-order chi connectivity index (χ0) is 21.4. The van der Waals surface area contributed by atoms with Crippen molar-refractivity contribution < 1.29 is 13.5 Å². The molecular formula is C22H18F2N6O. The van der Waals surface area contributed by atoms with E-state index in [0.29, 0.717) is 18.3 Å². The third-order valence-corrected chi connectivity index (χ3v) is 5.31. The topological polar surface area (TPSA) is 78.6 Å². The summed E-state index contributed by atoms with van der Waals surface area (Å²) in [5.41, 5.74) is 2.52. The van der Waals surface area contributed by atoms with Crippen LogP contribution in [0.2, 0.25) is 0 Å². The van der Waals surface area contributed by atoms with Gasteiger partial charge in [0, 0.05) is 43.7 Å². The highest BCUT2D eigenvalue weighted by Gasteiger charge is 2.41. The van der Waals surface area contributed by atoms with Crippen molar-refractivity contribution in [1.29, 1.82) is 0 Å². The van der Waals surface area contributed by atoms with Crippen LogP contribution in [0.3, 0.4) is 0 Å². The maximum absolute atomic E-state index is 14.5. The summed E-state index contributed by atoms with van der Waals surface area (Å²) in [4.78, 5) is 17.0. The van der Waals surface area contributed by atoms with E-state index in [1.807, 2.05) is 0 Å². The van der Waals surface area contributed by atoms with Crippen LogP contribution in [0.4, 0.5) is 8.78 Å². The molecule has 3 aromatic heterocycles. The molecule has 0 aliphatic heterocycles. The van der Waals surface area contributed by atoms with Gasteiger partial charge < -0.3 is 4.74 Å². The molecule has 4 aromatic rings. The number of methoxy groups -OCH3 is 1. The summed E-state index contributed by atoms with van der Waals surface area (Å²) in [6.07, 6.45) is 10.8. The number of rotatable bonds is 6. The molecule has 31 heavy (non-hydrogen) atoms. The average Bonchev–Trinajstić information content (AvgIpc) is 3.47. The lowest BCUT2D eigenvalue weighted by atomic mass is 10.1. The van der Waals surface area contributed by atoms with E-state index in [2.05, 4.69) is 25.0 Å². The summed E-state index contributed by atoms with van der Waals surface area (Å²) < 4.78 is 35.2. The molecule has 2 atom stereocenters. The molecule has 0 N–H and O–H groups in total. The average molecular weight is 420 g/mol. The van der Waals surface area contributed by atoms with Gasteiger partial charge in [0.2, 0.25) is 0 Å². The SMILES string of the molecule is COCc1cnn(-c2cc([C@H]3C[C@H]3c3cnc(-c4ncccn4)nc3)cc(F)c2F)c1. The minimum absolute atomic E-state index is 0.0604. The highest BCUT2D eigenvalue weighted by molar-refractivity contribution is 5.45. The van der Waals surface area contributed by atoms with Crippen LogP contribution in [-0.4, -0.2) is 36.8 Å². The maximum Gasteiger partial charge on any atom is 0.197 e. The molecule has 0 bridgehead atoms. The van der Waals surface area contributed by atoms with Crippen molar-refractivity contribution in [2.24, 2.45) is 0 Å². The Morgan fingerprint density at radius 2 is 1.68 bits per heavy atom. The summed E-state index contributed by atoms with van der Waals surface area (Å²) in [6, 6.07) is 4.64. The van der Waals surface area contributed by atoms with Gasteiger partial charge in [0.1, 0.15) is 5.69 Å². The molecule has 156 valence electrons. The van der Waals surface area contributed by atoms with Gasteiger partial charge in [-0.3, -0.25) is 0 Å². The van der Waals surface area contributed by atoms with Gasteiger partial charge in [0.25, 0.3) is 0 Å². The van der Waals surface area contributed by atoms with Crippen molar-refractivity contribution in [3.63, 3.8) is 0 Å². The van der Waals surface area contributed by atoms with Crippen molar-refractivity contribution in [3.8, 4) is 17.3 Å². The summed E-state index contributed by atoms with van der Waals surface area (Å²) in [5.74, 6) is -0.713. The molecule has 5 rings (SSSR count). The van der Waals surface area contributed by atoms with Gasteiger partial charge in [-0.1, -0.05) is 0 Å². The summed E-state index contributed by atoms with van der Waals surface area (Å²) >= 11 is 0. The number of nitrogens with zero attached hydrogens (tertiary/aromatic N) is 6. The number of hydrogen-bond acceptors (Lipinski definition) is 6. The smallest absolute Gasteiger partial charge is 0.197 e. The minimum Gasteiger partial charge on any atom is -0.380 e. The third kappa shape index (κ3) is 3.79. The van der Waals surface area contributed by atoms with Gasteiger partial charge in [0.15, 0.2) is 23.3 Å². The van der Waals surface area contributed by atoms with E-state index in [1.54, 1.807) is 56.4 Å². The molecule has 3 heterocycles. The second-order valence-corrected chi connectivity index (χ2v) is 7.42. The molecule has 1 aromatic carbocycles. The zero-order valence-corrected chi connectivity index (χ0v) is 16.6. The predicted octanol–water partition coefficient (Wildman–Crippen LogP) is 3.82. The number of benzene rings is 1. The number of aromatic nitrogens is 6. The fraction of sp³-hybridized carbons (Fsp3) is 0.227. The molecule has 1 aliphatic rings. The number of halogens is 2. The van der Waals surface area contributed by atoms with Gasteiger partial charge in [-0.2, -0.15) is 5.10 Å². The highest BCUT2D eigenvalue weighted by Crippen LogP contribution is 2.54. The monoisotopic (exact) mass is 420 g/mol. The molecule has 7 nitrogen and oxygen atoms in total. The first-order valence-electron chi connectivity index (χ1n) is 9.75. The van der Waals surface area contributed by atoms with E-state index < -0.39 is 11.6 Å². The van der Waals surface area contributed by atoms with Crippen LogP contribution < -0.4 is 0 Å². The molecule has 9 heteroatoms. The first kappa shape index (κ1) is 19.4. The highest BCUT2D eigenvalue weighted by atomic mass is 19.2. The Morgan fingerprint density at radius 1 is 0.968 bits per heavy atom. The molecule has 0 radical (unpaired) electrons. The predicted molar refractivity (Wildman–Crippen MR) is 107 cm³/mol. The number of hydrogen-bond donors (Lipinski definition) is 0. The minimum atomic E-state index is -0.927. The van der Waals surface area contributed by atoms with Crippen LogP contribution in [0.5, 0.6) is 0 Å². The Kier molecular flexibility index (Phi) is 4.95. The lowest BCUT2D eigenvalue weighted by Crippen LogP contribution is -2.03. The molecule has 0 saturated heterocycles.